The fourth-order valence-electron chi connectivity index (χ4n) is 2.75. The maximum Gasteiger partial charge on any atom is 0.0509 e. The first kappa shape index (κ1) is 13.3. The first-order valence-electron chi connectivity index (χ1n) is 6.85. The van der Waals surface area contributed by atoms with E-state index in [-0.39, 0.29) is 5.41 Å². The molecule has 2 rings (SSSR count). The van der Waals surface area contributed by atoms with E-state index in [2.05, 4.69) is 12.2 Å². The molecule has 2 heterocycles. The molecule has 4 nitrogen and oxygen atoms in total. The molecule has 0 saturated carbocycles. The highest BCUT2D eigenvalue weighted by atomic mass is 16.5. The van der Waals surface area contributed by atoms with E-state index >= 15 is 0 Å². The third kappa shape index (κ3) is 3.41. The Kier molecular flexibility index (Phi) is 4.79. The molecule has 17 heavy (non-hydrogen) atoms. The van der Waals surface area contributed by atoms with E-state index in [1.165, 1.54) is 6.42 Å². The van der Waals surface area contributed by atoms with Gasteiger partial charge in [0.1, 0.15) is 0 Å². The molecule has 0 aliphatic carbocycles. The molecule has 4 heteroatoms. The van der Waals surface area contributed by atoms with Gasteiger partial charge in [-0.05, 0) is 44.1 Å². The second-order valence-corrected chi connectivity index (χ2v) is 5.61. The molecule has 2 aliphatic heterocycles. The highest BCUT2D eigenvalue weighted by Gasteiger charge is 2.32. The number of hydrogen-bond acceptors (Lipinski definition) is 4. The van der Waals surface area contributed by atoms with Crippen molar-refractivity contribution in [1.82, 2.24) is 5.32 Å². The van der Waals surface area contributed by atoms with Crippen molar-refractivity contribution in [3.8, 4) is 0 Å². The molecule has 2 fully saturated rings. The van der Waals surface area contributed by atoms with E-state index in [0.29, 0.717) is 12.0 Å². The standard InChI is InChI=1S/C13H26N2O2/c1-11(12-2-5-17-8-12)15-10-13(9-14)3-6-16-7-4-13/h11-12,15H,2-10,14H2,1H3. The summed E-state index contributed by atoms with van der Waals surface area (Å²) in [5, 5.41) is 3.67. The lowest BCUT2D eigenvalue weighted by Gasteiger charge is -2.37. The van der Waals surface area contributed by atoms with Crippen LogP contribution in [0.15, 0.2) is 0 Å². The molecule has 3 N–H and O–H groups in total. The molecule has 100 valence electrons. The second kappa shape index (κ2) is 6.14. The molecule has 0 radical (unpaired) electrons. The third-order valence-electron chi connectivity index (χ3n) is 4.46. The van der Waals surface area contributed by atoms with Crippen LogP contribution in [0.3, 0.4) is 0 Å². The molecule has 0 aromatic carbocycles. The highest BCUT2D eigenvalue weighted by molar-refractivity contribution is 4.87. The lowest BCUT2D eigenvalue weighted by atomic mass is 9.80. The van der Waals surface area contributed by atoms with Gasteiger partial charge in [-0.1, -0.05) is 0 Å². The first-order valence-corrected chi connectivity index (χ1v) is 6.85. The van der Waals surface area contributed by atoms with Crippen molar-refractivity contribution in [1.29, 1.82) is 0 Å². The Bertz CT molecular complexity index is 223. The zero-order valence-electron chi connectivity index (χ0n) is 10.9. The van der Waals surface area contributed by atoms with E-state index in [1.807, 2.05) is 0 Å². The van der Waals surface area contributed by atoms with E-state index in [9.17, 15) is 0 Å². The molecule has 0 spiro atoms. The summed E-state index contributed by atoms with van der Waals surface area (Å²) in [7, 11) is 0. The molecular weight excluding hydrogens is 216 g/mol. The Morgan fingerprint density at radius 2 is 2.06 bits per heavy atom. The predicted octanol–water partition coefficient (Wildman–Crippen LogP) is 0.757. The molecule has 2 saturated heterocycles. The number of hydrogen-bond donors (Lipinski definition) is 2. The molecule has 0 aromatic rings. The van der Waals surface area contributed by atoms with Gasteiger partial charge in [-0.2, -0.15) is 0 Å². The summed E-state index contributed by atoms with van der Waals surface area (Å²) in [6.45, 7) is 7.60. The van der Waals surface area contributed by atoms with Gasteiger partial charge in [-0.25, -0.2) is 0 Å². The van der Waals surface area contributed by atoms with E-state index in [1.54, 1.807) is 0 Å². The van der Waals surface area contributed by atoms with Gasteiger partial charge in [0.05, 0.1) is 6.61 Å². The largest absolute Gasteiger partial charge is 0.381 e. The minimum absolute atomic E-state index is 0.256. The van der Waals surface area contributed by atoms with Crippen LogP contribution in [0.25, 0.3) is 0 Å². The molecule has 0 amide bonds. The summed E-state index contributed by atoms with van der Waals surface area (Å²) < 4.78 is 10.9. The molecule has 0 bridgehead atoms. The normalized spacial score (nSPS) is 30.4. The van der Waals surface area contributed by atoms with Crippen molar-refractivity contribution in [3.05, 3.63) is 0 Å². The van der Waals surface area contributed by atoms with Gasteiger partial charge in [-0.3, -0.25) is 0 Å². The first-order chi connectivity index (χ1) is 8.26. The van der Waals surface area contributed by atoms with Crippen molar-refractivity contribution in [2.24, 2.45) is 17.1 Å². The van der Waals surface area contributed by atoms with Crippen LogP contribution >= 0.6 is 0 Å². The Balaban J connectivity index is 1.78. The highest BCUT2D eigenvalue weighted by Crippen LogP contribution is 2.29. The van der Waals surface area contributed by atoms with Crippen LogP contribution in [0.5, 0.6) is 0 Å². The summed E-state index contributed by atoms with van der Waals surface area (Å²) >= 11 is 0. The lowest BCUT2D eigenvalue weighted by molar-refractivity contribution is 0.0172. The fraction of sp³-hybridized carbons (Fsp3) is 1.00. The summed E-state index contributed by atoms with van der Waals surface area (Å²) in [6.07, 6.45) is 3.36. The van der Waals surface area contributed by atoms with Crippen LogP contribution in [0, 0.1) is 11.3 Å². The average molecular weight is 242 g/mol. The van der Waals surface area contributed by atoms with Crippen molar-refractivity contribution in [2.75, 3.05) is 39.5 Å². The Hall–Kier alpha value is -0.160. The van der Waals surface area contributed by atoms with Crippen LogP contribution in [-0.2, 0) is 9.47 Å². The summed E-state index contributed by atoms with van der Waals surface area (Å²) in [6, 6.07) is 0.531. The SMILES string of the molecule is CC(NCC1(CN)CCOCC1)C1CCOC1. The zero-order valence-corrected chi connectivity index (χ0v) is 10.9. The minimum atomic E-state index is 0.256. The van der Waals surface area contributed by atoms with Gasteiger partial charge in [-0.15, -0.1) is 0 Å². The molecule has 2 aliphatic rings. The molecule has 0 aromatic heterocycles. The zero-order chi connectivity index (χ0) is 12.1. The van der Waals surface area contributed by atoms with Crippen molar-refractivity contribution in [3.63, 3.8) is 0 Å². The van der Waals surface area contributed by atoms with Gasteiger partial charge >= 0.3 is 0 Å². The number of ether oxygens (including phenoxy) is 2. The Morgan fingerprint density at radius 3 is 2.65 bits per heavy atom. The smallest absolute Gasteiger partial charge is 0.0509 e. The van der Waals surface area contributed by atoms with E-state index in [0.717, 1.165) is 52.4 Å². The van der Waals surface area contributed by atoms with Gasteiger partial charge in [0.15, 0.2) is 0 Å². The van der Waals surface area contributed by atoms with Crippen LogP contribution in [0.4, 0.5) is 0 Å². The summed E-state index contributed by atoms with van der Waals surface area (Å²) in [5.74, 6) is 0.671. The summed E-state index contributed by atoms with van der Waals surface area (Å²) in [4.78, 5) is 0. The predicted molar refractivity (Wildman–Crippen MR) is 67.9 cm³/mol. The summed E-state index contributed by atoms with van der Waals surface area (Å²) in [5.41, 5.74) is 6.21. The van der Waals surface area contributed by atoms with Crippen molar-refractivity contribution in [2.45, 2.75) is 32.2 Å². The van der Waals surface area contributed by atoms with E-state index < -0.39 is 0 Å². The monoisotopic (exact) mass is 242 g/mol. The van der Waals surface area contributed by atoms with Gasteiger partial charge in [0, 0.05) is 32.4 Å². The Labute approximate surface area is 104 Å². The topological polar surface area (TPSA) is 56.5 Å². The van der Waals surface area contributed by atoms with Crippen LogP contribution < -0.4 is 11.1 Å². The molecule has 2 atom stereocenters. The second-order valence-electron chi connectivity index (χ2n) is 5.61. The fourth-order valence-corrected chi connectivity index (χ4v) is 2.75. The average Bonchev–Trinajstić information content (AvgIpc) is 2.91. The number of nitrogens with two attached hydrogens (primary N) is 1. The van der Waals surface area contributed by atoms with E-state index in [4.69, 9.17) is 15.2 Å². The molecular formula is C13H26N2O2. The maximum absolute atomic E-state index is 5.96. The van der Waals surface area contributed by atoms with Crippen molar-refractivity contribution >= 4 is 0 Å². The van der Waals surface area contributed by atoms with Crippen molar-refractivity contribution < 1.29 is 9.47 Å². The lowest BCUT2D eigenvalue weighted by Crippen LogP contribution is -2.48. The number of nitrogens with one attached hydrogen (secondary N) is 1. The maximum atomic E-state index is 5.96. The number of rotatable bonds is 5. The minimum Gasteiger partial charge on any atom is -0.381 e. The van der Waals surface area contributed by atoms with Crippen LogP contribution in [-0.4, -0.2) is 45.6 Å². The van der Waals surface area contributed by atoms with Gasteiger partial charge in [0.2, 0.25) is 0 Å². The molecule has 2 unspecified atom stereocenters. The Morgan fingerprint density at radius 1 is 1.29 bits per heavy atom. The quantitative estimate of drug-likeness (QED) is 0.747. The van der Waals surface area contributed by atoms with Crippen LogP contribution in [0.1, 0.15) is 26.2 Å². The van der Waals surface area contributed by atoms with Gasteiger partial charge < -0.3 is 20.5 Å². The third-order valence-corrected chi connectivity index (χ3v) is 4.46. The van der Waals surface area contributed by atoms with Gasteiger partial charge in [0.25, 0.3) is 0 Å². The van der Waals surface area contributed by atoms with Crippen LogP contribution in [0.2, 0.25) is 0 Å².